The minimum absolute atomic E-state index is 0.178. The zero-order valence-electron chi connectivity index (χ0n) is 15.7. The molecule has 0 bridgehead atoms. The maximum Gasteiger partial charge on any atom is 0.336 e. The quantitative estimate of drug-likeness (QED) is 0.572. The van der Waals surface area contributed by atoms with Crippen LogP contribution in [0.2, 0.25) is 0 Å². The van der Waals surface area contributed by atoms with Crippen LogP contribution in [-0.2, 0) is 9.59 Å². The van der Waals surface area contributed by atoms with Crippen LogP contribution in [0.15, 0.2) is 60.4 Å². The van der Waals surface area contributed by atoms with Crippen molar-refractivity contribution in [2.45, 2.75) is 13.8 Å². The molecule has 2 aromatic heterocycles. The van der Waals surface area contributed by atoms with Crippen molar-refractivity contribution in [3.63, 3.8) is 0 Å². The Morgan fingerprint density at radius 3 is 2.28 bits per heavy atom. The number of rotatable bonds is 4. The van der Waals surface area contributed by atoms with Gasteiger partial charge in [-0.1, -0.05) is 11.6 Å². The number of aromatic carboxylic acids is 1. The summed E-state index contributed by atoms with van der Waals surface area (Å²) < 4.78 is 0. The van der Waals surface area contributed by atoms with Gasteiger partial charge in [0.25, 0.3) is 0 Å². The smallest absolute Gasteiger partial charge is 0.336 e. The molecule has 1 aromatic carbocycles. The van der Waals surface area contributed by atoms with Gasteiger partial charge in [-0.25, -0.2) is 19.4 Å². The van der Waals surface area contributed by atoms with Crippen molar-refractivity contribution in [2.75, 3.05) is 0 Å². The zero-order valence-corrected chi connectivity index (χ0v) is 15.7. The zero-order chi connectivity index (χ0) is 21.6. The first-order valence-electron chi connectivity index (χ1n) is 8.38. The fraction of sp³-hybridized carbons (Fsp3) is 0.0952. The first-order chi connectivity index (χ1) is 13.7. The summed E-state index contributed by atoms with van der Waals surface area (Å²) in [5.41, 5.74) is 3.19. The lowest BCUT2D eigenvalue weighted by atomic mass is 10.0. The molecule has 8 nitrogen and oxygen atoms in total. The molecule has 0 radical (unpaired) electrons. The monoisotopic (exact) mass is 394 g/mol. The number of pyridine rings is 2. The molecule has 0 amide bonds. The van der Waals surface area contributed by atoms with E-state index in [9.17, 15) is 19.5 Å². The number of hydrogen-bond acceptors (Lipinski definition) is 5. The highest BCUT2D eigenvalue weighted by atomic mass is 16.4. The molecule has 0 aliphatic rings. The molecule has 0 saturated heterocycles. The van der Waals surface area contributed by atoms with Gasteiger partial charge in [0.15, 0.2) is 0 Å². The van der Waals surface area contributed by atoms with Gasteiger partial charge in [-0.2, -0.15) is 0 Å². The standard InChI is InChI=1S/C16H12N2O2.C5H6O4/c1-10-4-5-14-12(7-10)13(16(19)20)8-15(18-14)11-3-2-6-17-9-11;1-3(5(8)9)2-4(6)7/h2-9H,1H3,(H,19,20);2H,1H3,(H,6,7)(H,8,9)/b;3-2-. The minimum Gasteiger partial charge on any atom is -0.478 e. The second-order valence-electron chi connectivity index (χ2n) is 6.09. The number of carbonyl (C=O) groups is 3. The number of benzene rings is 1. The molecular weight excluding hydrogens is 376 g/mol. The lowest BCUT2D eigenvalue weighted by molar-refractivity contribution is -0.135. The Morgan fingerprint density at radius 1 is 1.03 bits per heavy atom. The summed E-state index contributed by atoms with van der Waals surface area (Å²) in [5.74, 6) is -3.40. The SMILES string of the molecule is C/C(=C/C(=O)O)C(=O)O.Cc1ccc2nc(-c3cccnc3)cc(C(=O)O)c2c1. The van der Waals surface area contributed by atoms with Gasteiger partial charge in [-0.15, -0.1) is 0 Å². The van der Waals surface area contributed by atoms with Crippen LogP contribution in [0.3, 0.4) is 0 Å². The average molecular weight is 394 g/mol. The van der Waals surface area contributed by atoms with Gasteiger partial charge in [0.05, 0.1) is 16.8 Å². The molecule has 3 aromatic rings. The Hall–Kier alpha value is -4.07. The van der Waals surface area contributed by atoms with Crippen LogP contribution in [-0.4, -0.2) is 43.2 Å². The largest absolute Gasteiger partial charge is 0.478 e. The number of fused-ring (bicyclic) bond motifs is 1. The van der Waals surface area contributed by atoms with Crippen molar-refractivity contribution in [3.05, 3.63) is 71.6 Å². The van der Waals surface area contributed by atoms with Crippen LogP contribution in [0, 0.1) is 6.92 Å². The first kappa shape index (κ1) is 21.2. The van der Waals surface area contributed by atoms with Crippen LogP contribution in [0.25, 0.3) is 22.2 Å². The maximum absolute atomic E-state index is 11.5. The van der Waals surface area contributed by atoms with E-state index in [-0.39, 0.29) is 11.1 Å². The van der Waals surface area contributed by atoms with Crippen molar-refractivity contribution in [2.24, 2.45) is 0 Å². The van der Waals surface area contributed by atoms with Crippen molar-refractivity contribution < 1.29 is 29.7 Å². The molecule has 3 rings (SSSR count). The van der Waals surface area contributed by atoms with Gasteiger partial charge in [-0.05, 0) is 44.2 Å². The average Bonchev–Trinajstić information content (AvgIpc) is 2.67. The highest BCUT2D eigenvalue weighted by Crippen LogP contribution is 2.25. The third-order valence-corrected chi connectivity index (χ3v) is 3.83. The molecule has 148 valence electrons. The fourth-order valence-electron chi connectivity index (χ4n) is 2.43. The predicted octanol–water partition coefficient (Wildman–Crippen LogP) is 3.41. The van der Waals surface area contributed by atoms with Crippen molar-refractivity contribution >= 4 is 28.8 Å². The van der Waals surface area contributed by atoms with Gasteiger partial charge in [-0.3, -0.25) is 4.98 Å². The maximum atomic E-state index is 11.5. The van der Waals surface area contributed by atoms with Gasteiger partial charge >= 0.3 is 17.9 Å². The molecule has 0 spiro atoms. The predicted molar refractivity (Wildman–Crippen MR) is 106 cm³/mol. The topological polar surface area (TPSA) is 138 Å². The third-order valence-electron chi connectivity index (χ3n) is 3.83. The van der Waals surface area contributed by atoms with Gasteiger partial charge in [0, 0.05) is 35.0 Å². The van der Waals surface area contributed by atoms with E-state index in [1.807, 2.05) is 31.2 Å². The summed E-state index contributed by atoms with van der Waals surface area (Å²) in [6, 6.07) is 10.9. The molecular formula is C21H18N2O6. The van der Waals surface area contributed by atoms with Crippen molar-refractivity contribution in [1.29, 1.82) is 0 Å². The first-order valence-corrected chi connectivity index (χ1v) is 8.38. The van der Waals surface area contributed by atoms with E-state index in [0.29, 0.717) is 22.7 Å². The van der Waals surface area contributed by atoms with Gasteiger partial charge in [0.2, 0.25) is 0 Å². The fourth-order valence-corrected chi connectivity index (χ4v) is 2.43. The highest BCUT2D eigenvalue weighted by Gasteiger charge is 2.13. The molecule has 3 N–H and O–H groups in total. The summed E-state index contributed by atoms with van der Waals surface area (Å²) >= 11 is 0. The molecule has 0 aliphatic heterocycles. The van der Waals surface area contributed by atoms with Crippen LogP contribution in [0.5, 0.6) is 0 Å². The molecule has 29 heavy (non-hydrogen) atoms. The van der Waals surface area contributed by atoms with E-state index in [2.05, 4.69) is 9.97 Å². The van der Waals surface area contributed by atoms with Crippen molar-refractivity contribution in [3.8, 4) is 11.3 Å². The summed E-state index contributed by atoms with van der Waals surface area (Å²) in [5, 5.41) is 26.2. The molecule has 2 heterocycles. The third kappa shape index (κ3) is 5.70. The van der Waals surface area contributed by atoms with Crippen LogP contribution < -0.4 is 0 Å². The Bertz CT molecular complexity index is 1110. The van der Waals surface area contributed by atoms with E-state index in [1.54, 1.807) is 24.5 Å². The number of aromatic nitrogens is 2. The van der Waals surface area contributed by atoms with Crippen LogP contribution in [0.4, 0.5) is 0 Å². The van der Waals surface area contributed by atoms with Gasteiger partial charge < -0.3 is 15.3 Å². The number of carboxylic acid groups (broad SMARTS) is 3. The molecule has 0 atom stereocenters. The number of hydrogen-bond donors (Lipinski definition) is 3. The van der Waals surface area contributed by atoms with Gasteiger partial charge in [0.1, 0.15) is 0 Å². The van der Waals surface area contributed by atoms with E-state index in [4.69, 9.17) is 10.2 Å². The molecule has 0 aliphatic carbocycles. The Balaban J connectivity index is 0.000000284. The summed E-state index contributed by atoms with van der Waals surface area (Å²) in [4.78, 5) is 39.7. The summed E-state index contributed by atoms with van der Waals surface area (Å²) in [6.07, 6.45) is 3.99. The lowest BCUT2D eigenvalue weighted by Crippen LogP contribution is -2.00. The lowest BCUT2D eigenvalue weighted by Gasteiger charge is -2.07. The van der Waals surface area contributed by atoms with Crippen LogP contribution >= 0.6 is 0 Å². The normalized spacial score (nSPS) is 10.8. The second kappa shape index (κ2) is 9.23. The van der Waals surface area contributed by atoms with Crippen LogP contribution in [0.1, 0.15) is 22.8 Å². The Kier molecular flexibility index (Phi) is 6.75. The molecule has 8 heteroatoms. The minimum atomic E-state index is -1.24. The van der Waals surface area contributed by atoms with E-state index in [0.717, 1.165) is 11.1 Å². The Morgan fingerprint density at radius 2 is 1.76 bits per heavy atom. The molecule has 0 unspecified atom stereocenters. The van der Waals surface area contributed by atoms with E-state index >= 15 is 0 Å². The number of aliphatic carboxylic acids is 2. The highest BCUT2D eigenvalue weighted by molar-refractivity contribution is 6.04. The molecule has 0 saturated carbocycles. The van der Waals surface area contributed by atoms with Crippen molar-refractivity contribution in [1.82, 2.24) is 9.97 Å². The van der Waals surface area contributed by atoms with E-state index in [1.165, 1.54) is 6.92 Å². The number of carboxylic acids is 3. The summed E-state index contributed by atoms with van der Waals surface area (Å²) in [6.45, 7) is 3.15. The number of aryl methyl sites for hydroxylation is 1. The Labute approximate surface area is 165 Å². The number of nitrogens with zero attached hydrogens (tertiary/aromatic N) is 2. The summed E-state index contributed by atoms with van der Waals surface area (Å²) in [7, 11) is 0. The van der Waals surface area contributed by atoms with E-state index < -0.39 is 17.9 Å². The second-order valence-corrected chi connectivity index (χ2v) is 6.09. The molecule has 0 fully saturated rings.